The normalized spacial score (nSPS) is 11.4. The molecule has 1 N–H and O–H groups in total. The molecule has 0 heterocycles. The summed E-state index contributed by atoms with van der Waals surface area (Å²) in [7, 11) is 2.92. The number of ether oxygens (including phenoxy) is 3. The molecule has 0 unspecified atom stereocenters. The molecule has 1 amide bonds. The summed E-state index contributed by atoms with van der Waals surface area (Å²) in [6, 6.07) is 12.5. The summed E-state index contributed by atoms with van der Waals surface area (Å²) in [5.41, 5.74) is 1.98. The fraction of sp³-hybridized carbons (Fsp3) is 0.333. The maximum absolute atomic E-state index is 12.3. The molecule has 27 heavy (non-hydrogen) atoms. The summed E-state index contributed by atoms with van der Waals surface area (Å²) in [5, 5.41) is 2.81. The molecule has 6 nitrogen and oxygen atoms in total. The highest BCUT2D eigenvalue weighted by atomic mass is 16.5. The van der Waals surface area contributed by atoms with Gasteiger partial charge in [-0.3, -0.25) is 4.79 Å². The monoisotopic (exact) mass is 371 g/mol. The Labute approximate surface area is 159 Å². The SMILES string of the molecule is CC[C@@H](C)c1ccccc1NC(=O)COC(=O)c1cccc(OC)c1OC. The quantitative estimate of drug-likeness (QED) is 0.710. The van der Waals surface area contributed by atoms with E-state index < -0.39 is 18.5 Å². The van der Waals surface area contributed by atoms with Crippen LogP contribution in [0.5, 0.6) is 11.5 Å². The van der Waals surface area contributed by atoms with Gasteiger partial charge in [0.05, 0.1) is 14.2 Å². The van der Waals surface area contributed by atoms with Crippen molar-refractivity contribution in [1.82, 2.24) is 0 Å². The summed E-state index contributed by atoms with van der Waals surface area (Å²) < 4.78 is 15.5. The van der Waals surface area contributed by atoms with E-state index in [9.17, 15) is 9.59 Å². The van der Waals surface area contributed by atoms with Crippen LogP contribution in [0.25, 0.3) is 0 Å². The van der Waals surface area contributed by atoms with E-state index in [0.717, 1.165) is 17.7 Å². The number of carbonyl (C=O) groups excluding carboxylic acids is 2. The van der Waals surface area contributed by atoms with Gasteiger partial charge in [-0.15, -0.1) is 0 Å². The molecule has 2 rings (SSSR count). The Morgan fingerprint density at radius 1 is 1.04 bits per heavy atom. The first kappa shape index (κ1) is 20.3. The van der Waals surface area contributed by atoms with Crippen molar-refractivity contribution in [2.75, 3.05) is 26.1 Å². The van der Waals surface area contributed by atoms with Crippen molar-refractivity contribution in [2.24, 2.45) is 0 Å². The van der Waals surface area contributed by atoms with Crippen LogP contribution >= 0.6 is 0 Å². The van der Waals surface area contributed by atoms with Crippen LogP contribution in [-0.4, -0.2) is 32.7 Å². The van der Waals surface area contributed by atoms with Crippen molar-refractivity contribution >= 4 is 17.6 Å². The molecule has 0 aromatic heterocycles. The Morgan fingerprint density at radius 2 is 1.78 bits per heavy atom. The largest absolute Gasteiger partial charge is 0.493 e. The molecule has 144 valence electrons. The van der Waals surface area contributed by atoms with Gasteiger partial charge in [-0.1, -0.05) is 38.1 Å². The van der Waals surface area contributed by atoms with Gasteiger partial charge in [-0.2, -0.15) is 0 Å². The average Bonchev–Trinajstić information content (AvgIpc) is 2.71. The number of para-hydroxylation sites is 2. The molecule has 0 aliphatic carbocycles. The lowest BCUT2D eigenvalue weighted by molar-refractivity contribution is -0.119. The second-order valence-electron chi connectivity index (χ2n) is 6.06. The van der Waals surface area contributed by atoms with Crippen molar-refractivity contribution in [2.45, 2.75) is 26.2 Å². The number of methoxy groups -OCH3 is 2. The maximum Gasteiger partial charge on any atom is 0.342 e. The number of carbonyl (C=O) groups is 2. The van der Waals surface area contributed by atoms with Crippen LogP contribution in [0.15, 0.2) is 42.5 Å². The molecule has 2 aromatic rings. The number of esters is 1. The van der Waals surface area contributed by atoms with Crippen molar-refractivity contribution < 1.29 is 23.8 Å². The molecule has 6 heteroatoms. The number of hydrogen-bond acceptors (Lipinski definition) is 5. The first-order valence-electron chi connectivity index (χ1n) is 8.78. The van der Waals surface area contributed by atoms with Crippen LogP contribution in [0.4, 0.5) is 5.69 Å². The third-order valence-electron chi connectivity index (χ3n) is 4.34. The molecule has 0 radical (unpaired) electrons. The van der Waals surface area contributed by atoms with Crippen LogP contribution in [0.2, 0.25) is 0 Å². The maximum atomic E-state index is 12.3. The predicted octanol–water partition coefficient (Wildman–Crippen LogP) is 4.01. The summed E-state index contributed by atoms with van der Waals surface area (Å²) in [4.78, 5) is 24.6. The first-order chi connectivity index (χ1) is 13.0. The second-order valence-corrected chi connectivity index (χ2v) is 6.06. The van der Waals surface area contributed by atoms with Crippen molar-refractivity contribution in [1.29, 1.82) is 0 Å². The fourth-order valence-electron chi connectivity index (χ4n) is 2.70. The Balaban J connectivity index is 2.04. The van der Waals surface area contributed by atoms with E-state index in [0.29, 0.717) is 11.7 Å². The Kier molecular flexibility index (Phi) is 7.23. The molecule has 1 atom stereocenters. The van der Waals surface area contributed by atoms with Gasteiger partial charge in [0.1, 0.15) is 5.56 Å². The average molecular weight is 371 g/mol. The second kappa shape index (κ2) is 9.62. The molecule has 0 fully saturated rings. The molecule has 0 bridgehead atoms. The van der Waals surface area contributed by atoms with E-state index in [1.54, 1.807) is 18.2 Å². The molecular weight excluding hydrogens is 346 g/mol. The standard InChI is InChI=1S/C21H25NO5/c1-5-14(2)15-9-6-7-11-17(15)22-19(23)13-27-21(24)16-10-8-12-18(25-3)20(16)26-4/h6-12,14H,5,13H2,1-4H3,(H,22,23)/t14-/m1/s1. The summed E-state index contributed by atoms with van der Waals surface area (Å²) in [6.07, 6.45) is 0.956. The van der Waals surface area contributed by atoms with Gasteiger partial charge in [-0.25, -0.2) is 4.79 Å². The van der Waals surface area contributed by atoms with Crippen LogP contribution in [0, 0.1) is 0 Å². The van der Waals surface area contributed by atoms with E-state index in [-0.39, 0.29) is 11.3 Å². The predicted molar refractivity (Wildman–Crippen MR) is 104 cm³/mol. The molecule has 0 aliphatic rings. The van der Waals surface area contributed by atoms with Crippen LogP contribution < -0.4 is 14.8 Å². The lowest BCUT2D eigenvalue weighted by Gasteiger charge is -2.16. The smallest absolute Gasteiger partial charge is 0.342 e. The minimum atomic E-state index is -0.656. The summed E-state index contributed by atoms with van der Waals surface area (Å²) in [5.74, 6) is -0.0615. The summed E-state index contributed by atoms with van der Waals surface area (Å²) in [6.45, 7) is 3.79. The van der Waals surface area contributed by atoms with E-state index in [1.807, 2.05) is 24.3 Å². The Morgan fingerprint density at radius 3 is 2.44 bits per heavy atom. The number of rotatable bonds is 8. The lowest BCUT2D eigenvalue weighted by Crippen LogP contribution is -2.22. The highest BCUT2D eigenvalue weighted by molar-refractivity contribution is 5.97. The Hall–Kier alpha value is -3.02. The molecule has 0 saturated carbocycles. The third-order valence-corrected chi connectivity index (χ3v) is 4.34. The Bertz CT molecular complexity index is 803. The van der Waals surface area contributed by atoms with Gasteiger partial charge in [0.2, 0.25) is 0 Å². The van der Waals surface area contributed by atoms with Gasteiger partial charge in [-0.05, 0) is 36.1 Å². The molecule has 0 saturated heterocycles. The van der Waals surface area contributed by atoms with E-state index >= 15 is 0 Å². The van der Waals surface area contributed by atoms with E-state index in [1.165, 1.54) is 14.2 Å². The molecule has 0 spiro atoms. The third kappa shape index (κ3) is 5.00. The summed E-state index contributed by atoms with van der Waals surface area (Å²) >= 11 is 0. The molecular formula is C21H25NO5. The number of benzene rings is 2. The highest BCUT2D eigenvalue weighted by Crippen LogP contribution is 2.31. The van der Waals surface area contributed by atoms with Gasteiger partial charge < -0.3 is 19.5 Å². The van der Waals surface area contributed by atoms with Crippen molar-refractivity contribution in [3.05, 3.63) is 53.6 Å². The topological polar surface area (TPSA) is 73.9 Å². The van der Waals surface area contributed by atoms with Crippen molar-refractivity contribution in [3.8, 4) is 11.5 Å². The lowest BCUT2D eigenvalue weighted by atomic mass is 9.97. The number of hydrogen-bond donors (Lipinski definition) is 1. The highest BCUT2D eigenvalue weighted by Gasteiger charge is 2.19. The van der Waals surface area contributed by atoms with Gasteiger partial charge in [0.25, 0.3) is 5.91 Å². The number of nitrogens with one attached hydrogen (secondary N) is 1. The van der Waals surface area contributed by atoms with Crippen LogP contribution in [0.3, 0.4) is 0 Å². The van der Waals surface area contributed by atoms with Gasteiger partial charge in [0, 0.05) is 5.69 Å². The number of amides is 1. The zero-order valence-corrected chi connectivity index (χ0v) is 16.1. The van der Waals surface area contributed by atoms with Crippen molar-refractivity contribution in [3.63, 3.8) is 0 Å². The molecule has 0 aliphatic heterocycles. The van der Waals surface area contributed by atoms with Gasteiger partial charge >= 0.3 is 5.97 Å². The zero-order chi connectivity index (χ0) is 19.8. The van der Waals surface area contributed by atoms with Crippen LogP contribution in [-0.2, 0) is 9.53 Å². The minimum Gasteiger partial charge on any atom is -0.493 e. The van der Waals surface area contributed by atoms with E-state index in [2.05, 4.69) is 19.2 Å². The van der Waals surface area contributed by atoms with E-state index in [4.69, 9.17) is 14.2 Å². The first-order valence-corrected chi connectivity index (χ1v) is 8.78. The number of anilines is 1. The fourth-order valence-corrected chi connectivity index (χ4v) is 2.70. The van der Waals surface area contributed by atoms with Gasteiger partial charge in [0.15, 0.2) is 18.1 Å². The molecule has 2 aromatic carbocycles. The van der Waals surface area contributed by atoms with Crippen LogP contribution in [0.1, 0.15) is 42.1 Å². The minimum absolute atomic E-state index is 0.199. The zero-order valence-electron chi connectivity index (χ0n) is 16.1.